The standard InChI is InChI=1S/C7H13NO5S/c9-3-6(7(10)11)8-5-1-2-14(12,13)4-5/h5-6,8-9H,1-4H2,(H,10,11)/t5-,6+/m0/s1. The Morgan fingerprint density at radius 2 is 2.29 bits per heavy atom. The Kier molecular flexibility index (Phi) is 3.46. The zero-order chi connectivity index (χ0) is 10.8. The van der Waals surface area contributed by atoms with E-state index in [9.17, 15) is 18.3 Å². The molecule has 0 aliphatic carbocycles. The maximum atomic E-state index is 11.0. The van der Waals surface area contributed by atoms with Gasteiger partial charge in [0.15, 0.2) is 9.84 Å². The van der Waals surface area contributed by atoms with Crippen molar-refractivity contribution in [3.8, 4) is 0 Å². The number of sulfone groups is 1. The lowest BCUT2D eigenvalue weighted by Gasteiger charge is -2.17. The molecular formula is C7H13NO5S. The summed E-state index contributed by atoms with van der Waals surface area (Å²) in [5.74, 6) is -1.28. The zero-order valence-electron chi connectivity index (χ0n) is 7.55. The molecule has 0 aromatic heterocycles. The number of carboxylic acid groups (broad SMARTS) is 1. The Bertz CT molecular complexity index is 312. The maximum absolute atomic E-state index is 11.0. The monoisotopic (exact) mass is 223 g/mol. The van der Waals surface area contributed by atoms with Crippen molar-refractivity contribution in [2.24, 2.45) is 0 Å². The van der Waals surface area contributed by atoms with E-state index in [0.717, 1.165) is 0 Å². The average Bonchev–Trinajstić information content (AvgIpc) is 2.41. The molecule has 0 amide bonds. The summed E-state index contributed by atoms with van der Waals surface area (Å²) < 4.78 is 22.1. The third-order valence-electron chi connectivity index (χ3n) is 2.27. The molecule has 0 aromatic carbocycles. The molecule has 0 radical (unpaired) electrons. The van der Waals surface area contributed by atoms with Gasteiger partial charge in [0.25, 0.3) is 0 Å². The van der Waals surface area contributed by atoms with Gasteiger partial charge in [0.2, 0.25) is 0 Å². The van der Waals surface area contributed by atoms with Gasteiger partial charge in [-0.15, -0.1) is 0 Å². The molecule has 1 aliphatic rings. The second-order valence-corrected chi connectivity index (χ2v) is 5.69. The molecule has 7 heteroatoms. The van der Waals surface area contributed by atoms with Crippen LogP contribution >= 0.6 is 0 Å². The van der Waals surface area contributed by atoms with Crippen molar-refractivity contribution < 1.29 is 28.7 Å². The summed E-state index contributed by atoms with van der Waals surface area (Å²) in [5, 5.41) is 20.5. The van der Waals surface area contributed by atoms with Gasteiger partial charge < -0.3 is 20.3 Å². The molecule has 1 rings (SSSR count). The number of aliphatic carboxylic acids is 1. The Hall–Kier alpha value is -0.660. The first-order chi connectivity index (χ1) is 6.44. The van der Waals surface area contributed by atoms with Crippen molar-refractivity contribution in [3.05, 3.63) is 0 Å². The molecule has 0 aromatic rings. The van der Waals surface area contributed by atoms with E-state index in [2.05, 4.69) is 0 Å². The Morgan fingerprint density at radius 3 is 2.64 bits per heavy atom. The normalized spacial score (nSPS) is 27.4. The quantitative estimate of drug-likeness (QED) is 0.502. The molecule has 2 atom stereocenters. The highest BCUT2D eigenvalue weighted by atomic mass is 32.2. The topological polar surface area (TPSA) is 111 Å². The van der Waals surface area contributed by atoms with Crippen LogP contribution in [0.15, 0.2) is 0 Å². The van der Waals surface area contributed by atoms with Gasteiger partial charge in [0, 0.05) is 6.42 Å². The minimum Gasteiger partial charge on any atom is -0.544 e. The number of quaternary nitrogens is 1. The van der Waals surface area contributed by atoms with Crippen LogP contribution in [0.3, 0.4) is 0 Å². The minimum absolute atomic E-state index is 0.0171. The van der Waals surface area contributed by atoms with Crippen LogP contribution < -0.4 is 10.4 Å². The van der Waals surface area contributed by atoms with Gasteiger partial charge in [-0.2, -0.15) is 0 Å². The summed E-state index contributed by atoms with van der Waals surface area (Å²) in [6, 6.07) is -1.33. The van der Waals surface area contributed by atoms with Crippen LogP contribution in [0.1, 0.15) is 6.42 Å². The van der Waals surface area contributed by atoms with E-state index >= 15 is 0 Å². The molecule has 14 heavy (non-hydrogen) atoms. The predicted octanol–water partition coefficient (Wildman–Crippen LogP) is -4.15. The van der Waals surface area contributed by atoms with E-state index < -0.39 is 28.5 Å². The van der Waals surface area contributed by atoms with Gasteiger partial charge in [-0.25, -0.2) is 8.42 Å². The van der Waals surface area contributed by atoms with Crippen molar-refractivity contribution in [1.29, 1.82) is 0 Å². The van der Waals surface area contributed by atoms with Crippen LogP contribution in [0.25, 0.3) is 0 Å². The number of aliphatic hydroxyl groups excluding tert-OH is 1. The van der Waals surface area contributed by atoms with Crippen LogP contribution in [-0.2, 0) is 14.6 Å². The number of hydrogen-bond donors (Lipinski definition) is 2. The summed E-state index contributed by atoms with van der Waals surface area (Å²) in [7, 11) is -3.00. The smallest absolute Gasteiger partial charge is 0.156 e. The Morgan fingerprint density at radius 1 is 1.64 bits per heavy atom. The van der Waals surface area contributed by atoms with E-state index in [1.165, 1.54) is 5.32 Å². The van der Waals surface area contributed by atoms with E-state index in [0.29, 0.717) is 6.42 Å². The summed E-state index contributed by atoms with van der Waals surface area (Å²) in [5.41, 5.74) is 0. The number of carbonyl (C=O) groups excluding carboxylic acids is 1. The molecule has 1 aliphatic heterocycles. The maximum Gasteiger partial charge on any atom is 0.156 e. The average molecular weight is 223 g/mol. The van der Waals surface area contributed by atoms with Crippen LogP contribution in [0.2, 0.25) is 0 Å². The molecule has 82 valence electrons. The second kappa shape index (κ2) is 4.24. The third-order valence-corrected chi connectivity index (χ3v) is 4.07. The largest absolute Gasteiger partial charge is 0.544 e. The molecule has 0 spiro atoms. The number of rotatable bonds is 4. The molecule has 0 unspecified atom stereocenters. The van der Waals surface area contributed by atoms with E-state index in [-0.39, 0.29) is 17.5 Å². The highest BCUT2D eigenvalue weighted by Crippen LogP contribution is 2.07. The molecule has 1 heterocycles. The molecule has 0 bridgehead atoms. The fraction of sp³-hybridized carbons (Fsp3) is 0.857. The van der Waals surface area contributed by atoms with Crippen molar-refractivity contribution >= 4 is 15.8 Å². The van der Waals surface area contributed by atoms with E-state index in [1.54, 1.807) is 0 Å². The number of aliphatic hydroxyl groups is 1. The molecule has 6 nitrogen and oxygen atoms in total. The van der Waals surface area contributed by atoms with Gasteiger partial charge in [-0.1, -0.05) is 0 Å². The zero-order valence-corrected chi connectivity index (χ0v) is 8.37. The first kappa shape index (κ1) is 11.4. The second-order valence-electron chi connectivity index (χ2n) is 3.46. The number of carbonyl (C=O) groups is 1. The van der Waals surface area contributed by atoms with Crippen molar-refractivity contribution in [3.63, 3.8) is 0 Å². The van der Waals surface area contributed by atoms with Gasteiger partial charge in [-0.05, 0) is 0 Å². The van der Waals surface area contributed by atoms with Crippen LogP contribution in [0.5, 0.6) is 0 Å². The Balaban J connectivity index is 2.50. The number of nitrogens with two attached hydrogens (primary N) is 1. The van der Waals surface area contributed by atoms with Crippen molar-refractivity contribution in [2.75, 3.05) is 18.1 Å². The highest BCUT2D eigenvalue weighted by molar-refractivity contribution is 7.91. The molecular weight excluding hydrogens is 210 g/mol. The number of hydrogen-bond acceptors (Lipinski definition) is 5. The van der Waals surface area contributed by atoms with Gasteiger partial charge >= 0.3 is 0 Å². The van der Waals surface area contributed by atoms with Crippen LogP contribution in [0, 0.1) is 0 Å². The lowest BCUT2D eigenvalue weighted by atomic mass is 10.2. The van der Waals surface area contributed by atoms with Gasteiger partial charge in [0.05, 0.1) is 5.75 Å². The summed E-state index contributed by atoms with van der Waals surface area (Å²) in [4.78, 5) is 10.4. The third kappa shape index (κ3) is 2.93. The van der Waals surface area contributed by atoms with Gasteiger partial charge in [-0.3, -0.25) is 0 Å². The van der Waals surface area contributed by atoms with Crippen LogP contribution in [-0.4, -0.2) is 49.7 Å². The Labute approximate surface area is 81.8 Å². The first-order valence-electron chi connectivity index (χ1n) is 4.32. The summed E-state index contributed by atoms with van der Waals surface area (Å²) in [6.07, 6.45) is 0.437. The molecule has 3 N–H and O–H groups in total. The SMILES string of the molecule is O=C([O-])[C@@H](CO)[NH2+][C@H]1CCS(=O)(=O)C1. The van der Waals surface area contributed by atoms with E-state index in [4.69, 9.17) is 5.11 Å². The highest BCUT2D eigenvalue weighted by Gasteiger charge is 2.32. The summed E-state index contributed by atoms with van der Waals surface area (Å²) in [6.45, 7) is -0.543. The van der Waals surface area contributed by atoms with E-state index in [1.807, 2.05) is 0 Å². The fourth-order valence-corrected chi connectivity index (χ4v) is 3.28. The minimum atomic E-state index is -3.00. The lowest BCUT2D eigenvalue weighted by Crippen LogP contribution is -2.98. The number of carboxylic acids is 1. The van der Waals surface area contributed by atoms with Crippen LogP contribution in [0.4, 0.5) is 0 Å². The molecule has 1 saturated heterocycles. The molecule has 1 fully saturated rings. The summed E-state index contributed by atoms with van der Waals surface area (Å²) >= 11 is 0. The van der Waals surface area contributed by atoms with Crippen molar-refractivity contribution in [1.82, 2.24) is 0 Å². The molecule has 0 saturated carbocycles. The van der Waals surface area contributed by atoms with Crippen molar-refractivity contribution in [2.45, 2.75) is 18.5 Å². The fourth-order valence-electron chi connectivity index (χ4n) is 1.52. The predicted molar refractivity (Wildman–Crippen MR) is 44.9 cm³/mol. The lowest BCUT2D eigenvalue weighted by molar-refractivity contribution is -0.712. The van der Waals surface area contributed by atoms with Gasteiger partial charge in [0.1, 0.15) is 30.4 Å². The first-order valence-corrected chi connectivity index (χ1v) is 6.14.